The topological polar surface area (TPSA) is 67.9 Å². The molecule has 0 N–H and O–H groups in total. The summed E-state index contributed by atoms with van der Waals surface area (Å²) in [7, 11) is 0. The van der Waals surface area contributed by atoms with Gasteiger partial charge in [-0.25, -0.2) is 4.98 Å². The largest absolute Gasteiger partial charge is 0.494 e. The third-order valence-corrected chi connectivity index (χ3v) is 6.06. The van der Waals surface area contributed by atoms with E-state index in [1.807, 2.05) is 57.2 Å². The van der Waals surface area contributed by atoms with Crippen LogP contribution in [0, 0.1) is 25.2 Å². The van der Waals surface area contributed by atoms with Crippen LogP contribution in [0.3, 0.4) is 0 Å². The summed E-state index contributed by atoms with van der Waals surface area (Å²) in [5, 5.41) is 9.64. The maximum Gasteiger partial charge on any atom is 0.263 e. The van der Waals surface area contributed by atoms with Crippen LogP contribution in [0.25, 0.3) is 21.3 Å². The maximum absolute atomic E-state index is 13.5. The van der Waals surface area contributed by atoms with E-state index in [9.17, 15) is 4.79 Å². The van der Waals surface area contributed by atoms with E-state index >= 15 is 0 Å². The van der Waals surface area contributed by atoms with Crippen LogP contribution in [0.4, 0.5) is 0 Å². The summed E-state index contributed by atoms with van der Waals surface area (Å²) in [4.78, 5) is 20.1. The summed E-state index contributed by atoms with van der Waals surface area (Å²) in [6, 6.07) is 17.2. The number of aryl methyl sites for hydroxylation is 2. The fourth-order valence-corrected chi connectivity index (χ4v) is 4.66. The standard InChI is InChI=1S/C24H21N3O2S/c1-4-29-20-11-9-19(10-12-20)21-15(2)30-23-22(21)24(28)27(16(3)26-23)14-18-7-5-17(13-25)6-8-18/h5-12H,4,14H2,1-3H3. The van der Waals surface area contributed by atoms with Crippen LogP contribution >= 0.6 is 11.3 Å². The van der Waals surface area contributed by atoms with E-state index in [0.717, 1.165) is 32.1 Å². The average molecular weight is 416 g/mol. The van der Waals surface area contributed by atoms with Gasteiger partial charge in [0, 0.05) is 10.4 Å². The Balaban J connectivity index is 1.83. The Kier molecular flexibility index (Phi) is 5.39. The Hall–Kier alpha value is -3.43. The van der Waals surface area contributed by atoms with Crippen molar-refractivity contribution in [2.45, 2.75) is 27.3 Å². The molecule has 4 rings (SSSR count). The lowest BCUT2D eigenvalue weighted by Crippen LogP contribution is -2.24. The Morgan fingerprint density at radius 2 is 1.80 bits per heavy atom. The van der Waals surface area contributed by atoms with Gasteiger partial charge >= 0.3 is 0 Å². The quantitative estimate of drug-likeness (QED) is 0.457. The molecule has 0 aliphatic heterocycles. The number of nitrogens with zero attached hydrogens (tertiary/aromatic N) is 3. The lowest BCUT2D eigenvalue weighted by atomic mass is 10.0. The van der Waals surface area contributed by atoms with Gasteiger partial charge in [-0.05, 0) is 56.2 Å². The SMILES string of the molecule is CCOc1ccc(-c2c(C)sc3nc(C)n(Cc4ccc(C#N)cc4)c(=O)c23)cc1. The predicted molar refractivity (Wildman–Crippen MR) is 120 cm³/mol. The second-order valence-corrected chi connectivity index (χ2v) is 8.23. The van der Waals surface area contributed by atoms with Crippen LogP contribution in [0.15, 0.2) is 53.3 Å². The minimum Gasteiger partial charge on any atom is -0.494 e. The number of aromatic nitrogens is 2. The number of thiophene rings is 1. The second kappa shape index (κ2) is 8.13. The molecule has 0 spiro atoms. The number of fused-ring (bicyclic) bond motifs is 1. The molecular formula is C24H21N3O2S. The van der Waals surface area contributed by atoms with Gasteiger partial charge in [-0.2, -0.15) is 5.26 Å². The highest BCUT2D eigenvalue weighted by Gasteiger charge is 2.18. The van der Waals surface area contributed by atoms with Crippen LogP contribution in [-0.2, 0) is 6.54 Å². The van der Waals surface area contributed by atoms with Crippen LogP contribution in [-0.4, -0.2) is 16.2 Å². The molecule has 2 aromatic heterocycles. The summed E-state index contributed by atoms with van der Waals surface area (Å²) >= 11 is 1.54. The summed E-state index contributed by atoms with van der Waals surface area (Å²) in [5.41, 5.74) is 3.42. The number of benzene rings is 2. The van der Waals surface area contributed by atoms with Crippen molar-refractivity contribution in [3.63, 3.8) is 0 Å². The first kappa shape index (κ1) is 19.9. The van der Waals surface area contributed by atoms with Gasteiger partial charge in [0.2, 0.25) is 0 Å². The molecule has 0 fully saturated rings. The number of ether oxygens (including phenoxy) is 1. The molecule has 0 amide bonds. The van der Waals surface area contributed by atoms with Crippen LogP contribution < -0.4 is 10.3 Å². The zero-order valence-corrected chi connectivity index (χ0v) is 17.9. The van der Waals surface area contributed by atoms with Crippen molar-refractivity contribution in [2.75, 3.05) is 6.61 Å². The summed E-state index contributed by atoms with van der Waals surface area (Å²) in [6.45, 7) is 6.86. The molecular weight excluding hydrogens is 394 g/mol. The van der Waals surface area contributed by atoms with Crippen molar-refractivity contribution in [3.8, 4) is 22.9 Å². The molecule has 0 aliphatic carbocycles. The first-order chi connectivity index (χ1) is 14.5. The smallest absolute Gasteiger partial charge is 0.263 e. The Morgan fingerprint density at radius 1 is 1.10 bits per heavy atom. The van der Waals surface area contributed by atoms with E-state index in [1.54, 1.807) is 28.0 Å². The minimum atomic E-state index is -0.0462. The van der Waals surface area contributed by atoms with Gasteiger partial charge in [-0.15, -0.1) is 11.3 Å². The van der Waals surface area contributed by atoms with E-state index in [0.29, 0.717) is 29.9 Å². The first-order valence-electron chi connectivity index (χ1n) is 9.74. The van der Waals surface area contributed by atoms with Crippen molar-refractivity contribution >= 4 is 21.6 Å². The van der Waals surface area contributed by atoms with Gasteiger partial charge < -0.3 is 4.74 Å². The Bertz CT molecular complexity index is 1310. The van der Waals surface area contributed by atoms with Crippen molar-refractivity contribution in [3.05, 3.63) is 80.7 Å². The monoisotopic (exact) mass is 415 g/mol. The van der Waals surface area contributed by atoms with Crippen molar-refractivity contribution in [2.24, 2.45) is 0 Å². The molecule has 6 heteroatoms. The number of hydrogen-bond acceptors (Lipinski definition) is 5. The first-order valence-corrected chi connectivity index (χ1v) is 10.6. The van der Waals surface area contributed by atoms with Gasteiger partial charge in [0.05, 0.1) is 30.2 Å². The van der Waals surface area contributed by atoms with Crippen molar-refractivity contribution in [1.82, 2.24) is 9.55 Å². The Morgan fingerprint density at radius 3 is 2.43 bits per heavy atom. The van der Waals surface area contributed by atoms with E-state index in [1.165, 1.54) is 0 Å². The van der Waals surface area contributed by atoms with Crippen molar-refractivity contribution in [1.29, 1.82) is 5.26 Å². The van der Waals surface area contributed by atoms with E-state index in [2.05, 4.69) is 6.07 Å². The fraction of sp³-hybridized carbons (Fsp3) is 0.208. The third kappa shape index (κ3) is 3.60. The van der Waals surface area contributed by atoms with Gasteiger partial charge in [-0.3, -0.25) is 9.36 Å². The molecule has 150 valence electrons. The zero-order valence-electron chi connectivity index (χ0n) is 17.1. The van der Waals surface area contributed by atoms with E-state index < -0.39 is 0 Å². The minimum absolute atomic E-state index is 0.0462. The molecule has 0 saturated heterocycles. The third-order valence-electron chi connectivity index (χ3n) is 5.06. The number of rotatable bonds is 5. The highest BCUT2D eigenvalue weighted by Crippen LogP contribution is 2.36. The molecule has 4 aromatic rings. The molecule has 2 aromatic carbocycles. The summed E-state index contributed by atoms with van der Waals surface area (Å²) in [5.74, 6) is 1.49. The van der Waals surface area contributed by atoms with Gasteiger partial charge in [0.1, 0.15) is 16.4 Å². The normalized spacial score (nSPS) is 10.9. The summed E-state index contributed by atoms with van der Waals surface area (Å²) < 4.78 is 7.24. The highest BCUT2D eigenvalue weighted by molar-refractivity contribution is 7.19. The average Bonchev–Trinajstić information content (AvgIpc) is 3.08. The fourth-order valence-electron chi connectivity index (χ4n) is 3.58. The van der Waals surface area contributed by atoms with Gasteiger partial charge in [0.25, 0.3) is 5.56 Å². The second-order valence-electron chi connectivity index (χ2n) is 7.03. The number of nitriles is 1. The van der Waals surface area contributed by atoms with Crippen LogP contribution in [0.2, 0.25) is 0 Å². The summed E-state index contributed by atoms with van der Waals surface area (Å²) in [6.07, 6.45) is 0. The molecule has 0 radical (unpaired) electrons. The number of hydrogen-bond donors (Lipinski definition) is 0. The van der Waals surface area contributed by atoms with Crippen molar-refractivity contribution < 1.29 is 4.74 Å². The van der Waals surface area contributed by atoms with E-state index in [4.69, 9.17) is 15.0 Å². The highest BCUT2D eigenvalue weighted by atomic mass is 32.1. The molecule has 5 nitrogen and oxygen atoms in total. The maximum atomic E-state index is 13.5. The lowest BCUT2D eigenvalue weighted by Gasteiger charge is -2.11. The molecule has 0 bridgehead atoms. The molecule has 2 heterocycles. The molecule has 30 heavy (non-hydrogen) atoms. The van der Waals surface area contributed by atoms with Gasteiger partial charge in [0.15, 0.2) is 0 Å². The van der Waals surface area contributed by atoms with Gasteiger partial charge in [-0.1, -0.05) is 24.3 Å². The predicted octanol–water partition coefficient (Wildman–Crippen LogP) is 5.06. The van der Waals surface area contributed by atoms with Crippen LogP contribution in [0.5, 0.6) is 5.75 Å². The van der Waals surface area contributed by atoms with Crippen LogP contribution in [0.1, 0.15) is 28.8 Å². The lowest BCUT2D eigenvalue weighted by molar-refractivity contribution is 0.340. The zero-order chi connectivity index (χ0) is 21.3. The molecule has 0 saturated carbocycles. The molecule has 0 unspecified atom stereocenters. The molecule has 0 atom stereocenters. The Labute approximate surface area is 178 Å². The van der Waals surface area contributed by atoms with E-state index in [-0.39, 0.29) is 5.56 Å². The molecule has 0 aliphatic rings.